The van der Waals surface area contributed by atoms with Gasteiger partial charge in [-0.15, -0.1) is 0 Å². The standard InChI is InChI=1S/C12H15N5/c1-9-14-4-5-17(9)12-10(6-13-8-16-12)7-15-11-2-3-11/h4-6,8,11,15H,2-3,7H2,1H3. The zero-order valence-corrected chi connectivity index (χ0v) is 9.80. The van der Waals surface area contributed by atoms with Crippen LogP contribution in [0.25, 0.3) is 5.82 Å². The molecule has 0 spiro atoms. The van der Waals surface area contributed by atoms with E-state index in [1.54, 1.807) is 12.5 Å². The summed E-state index contributed by atoms with van der Waals surface area (Å²) in [6.45, 7) is 2.79. The largest absolute Gasteiger partial charge is 0.310 e. The highest BCUT2D eigenvalue weighted by molar-refractivity contribution is 5.32. The Hall–Kier alpha value is -1.75. The molecule has 2 aromatic heterocycles. The fourth-order valence-electron chi connectivity index (χ4n) is 1.84. The molecular formula is C12H15N5. The van der Waals surface area contributed by atoms with Gasteiger partial charge in [-0.3, -0.25) is 4.57 Å². The van der Waals surface area contributed by atoms with Crippen molar-refractivity contribution in [1.29, 1.82) is 0 Å². The Labute approximate surface area is 99.9 Å². The van der Waals surface area contributed by atoms with Crippen LogP contribution in [0.15, 0.2) is 24.9 Å². The van der Waals surface area contributed by atoms with Crippen LogP contribution in [0, 0.1) is 6.92 Å². The SMILES string of the molecule is Cc1nccn1-c1ncncc1CNC1CC1. The van der Waals surface area contributed by atoms with E-state index in [1.807, 2.05) is 23.9 Å². The number of imidazole rings is 1. The highest BCUT2D eigenvalue weighted by Gasteiger charge is 2.21. The maximum absolute atomic E-state index is 4.35. The van der Waals surface area contributed by atoms with E-state index in [1.165, 1.54) is 12.8 Å². The molecule has 17 heavy (non-hydrogen) atoms. The molecule has 2 aromatic rings. The van der Waals surface area contributed by atoms with E-state index in [0.29, 0.717) is 6.04 Å². The number of hydrogen-bond donors (Lipinski definition) is 1. The van der Waals surface area contributed by atoms with Crippen LogP contribution in [0.4, 0.5) is 0 Å². The number of hydrogen-bond acceptors (Lipinski definition) is 4. The van der Waals surface area contributed by atoms with Crippen LogP contribution in [-0.4, -0.2) is 25.6 Å². The molecule has 1 saturated carbocycles. The maximum atomic E-state index is 4.35. The van der Waals surface area contributed by atoms with Crippen LogP contribution in [0.2, 0.25) is 0 Å². The van der Waals surface area contributed by atoms with Crippen molar-refractivity contribution in [2.45, 2.75) is 32.4 Å². The topological polar surface area (TPSA) is 55.6 Å². The van der Waals surface area contributed by atoms with Crippen molar-refractivity contribution in [3.05, 3.63) is 36.3 Å². The van der Waals surface area contributed by atoms with Gasteiger partial charge in [0.2, 0.25) is 0 Å². The van der Waals surface area contributed by atoms with Gasteiger partial charge in [-0.05, 0) is 19.8 Å². The van der Waals surface area contributed by atoms with Crippen molar-refractivity contribution in [1.82, 2.24) is 24.8 Å². The van der Waals surface area contributed by atoms with Gasteiger partial charge in [0.25, 0.3) is 0 Å². The van der Waals surface area contributed by atoms with Gasteiger partial charge in [-0.1, -0.05) is 0 Å². The highest BCUT2D eigenvalue weighted by Crippen LogP contribution is 2.20. The van der Waals surface area contributed by atoms with E-state index in [2.05, 4.69) is 20.3 Å². The fraction of sp³-hybridized carbons (Fsp3) is 0.417. The number of aryl methyl sites for hydroxylation is 1. The lowest BCUT2D eigenvalue weighted by molar-refractivity contribution is 0.677. The molecule has 88 valence electrons. The van der Waals surface area contributed by atoms with E-state index >= 15 is 0 Å². The molecule has 0 saturated heterocycles. The molecule has 0 aliphatic heterocycles. The summed E-state index contributed by atoms with van der Waals surface area (Å²) in [4.78, 5) is 12.7. The van der Waals surface area contributed by atoms with Crippen LogP contribution in [-0.2, 0) is 6.54 Å². The highest BCUT2D eigenvalue weighted by atomic mass is 15.1. The van der Waals surface area contributed by atoms with Crippen molar-refractivity contribution in [2.75, 3.05) is 0 Å². The Morgan fingerprint density at radius 1 is 1.41 bits per heavy atom. The van der Waals surface area contributed by atoms with Gasteiger partial charge in [0.15, 0.2) is 0 Å². The molecule has 0 bridgehead atoms. The number of aromatic nitrogens is 4. The molecule has 5 nitrogen and oxygen atoms in total. The van der Waals surface area contributed by atoms with Crippen molar-refractivity contribution in [3.8, 4) is 5.82 Å². The van der Waals surface area contributed by atoms with Crippen LogP contribution in [0.3, 0.4) is 0 Å². The summed E-state index contributed by atoms with van der Waals surface area (Å²) in [6.07, 6.45) is 9.74. The lowest BCUT2D eigenvalue weighted by Gasteiger charge is -2.10. The second kappa shape index (κ2) is 4.25. The summed E-state index contributed by atoms with van der Waals surface area (Å²) in [5.74, 6) is 1.86. The van der Waals surface area contributed by atoms with Gasteiger partial charge >= 0.3 is 0 Å². The van der Waals surface area contributed by atoms with E-state index in [-0.39, 0.29) is 0 Å². The summed E-state index contributed by atoms with van der Waals surface area (Å²) >= 11 is 0. The van der Waals surface area contributed by atoms with Crippen LogP contribution < -0.4 is 5.32 Å². The van der Waals surface area contributed by atoms with Gasteiger partial charge in [0.05, 0.1) is 0 Å². The Balaban J connectivity index is 1.89. The molecule has 0 radical (unpaired) electrons. The van der Waals surface area contributed by atoms with Crippen molar-refractivity contribution in [2.24, 2.45) is 0 Å². The number of rotatable bonds is 4. The minimum Gasteiger partial charge on any atom is -0.310 e. The third-order valence-electron chi connectivity index (χ3n) is 2.98. The van der Waals surface area contributed by atoms with Gasteiger partial charge in [0.1, 0.15) is 18.0 Å². The van der Waals surface area contributed by atoms with Crippen molar-refractivity contribution < 1.29 is 0 Å². The molecule has 0 unspecified atom stereocenters. The molecule has 1 aliphatic rings. The Kier molecular flexibility index (Phi) is 2.60. The fourth-order valence-corrected chi connectivity index (χ4v) is 1.84. The van der Waals surface area contributed by atoms with Crippen molar-refractivity contribution >= 4 is 0 Å². The second-order valence-corrected chi connectivity index (χ2v) is 4.37. The molecule has 3 rings (SSSR count). The van der Waals surface area contributed by atoms with Crippen molar-refractivity contribution in [3.63, 3.8) is 0 Å². The smallest absolute Gasteiger partial charge is 0.145 e. The van der Waals surface area contributed by atoms with Gasteiger partial charge < -0.3 is 5.32 Å². The first kappa shape index (κ1) is 10.4. The summed E-state index contributed by atoms with van der Waals surface area (Å²) in [5.41, 5.74) is 1.11. The molecule has 0 amide bonds. The minimum absolute atomic E-state index is 0.687. The van der Waals surface area contributed by atoms with E-state index in [9.17, 15) is 0 Å². The van der Waals surface area contributed by atoms with Crippen LogP contribution in [0.5, 0.6) is 0 Å². The quantitative estimate of drug-likeness (QED) is 0.856. The molecule has 0 atom stereocenters. The van der Waals surface area contributed by atoms with Crippen LogP contribution in [0.1, 0.15) is 24.2 Å². The summed E-state index contributed by atoms with van der Waals surface area (Å²) < 4.78 is 1.99. The lowest BCUT2D eigenvalue weighted by atomic mass is 10.3. The zero-order valence-electron chi connectivity index (χ0n) is 9.80. The Bertz CT molecular complexity index is 515. The summed E-state index contributed by atoms with van der Waals surface area (Å²) in [7, 11) is 0. The average molecular weight is 229 g/mol. The van der Waals surface area contributed by atoms with E-state index < -0.39 is 0 Å². The minimum atomic E-state index is 0.687. The third-order valence-corrected chi connectivity index (χ3v) is 2.98. The molecule has 2 heterocycles. The molecule has 1 fully saturated rings. The predicted molar refractivity (Wildman–Crippen MR) is 63.8 cm³/mol. The van der Waals surface area contributed by atoms with E-state index in [4.69, 9.17) is 0 Å². The van der Waals surface area contributed by atoms with E-state index in [0.717, 1.165) is 23.8 Å². The first-order valence-electron chi connectivity index (χ1n) is 5.87. The van der Waals surface area contributed by atoms with Gasteiger partial charge in [0, 0.05) is 36.7 Å². The third kappa shape index (κ3) is 2.19. The Morgan fingerprint density at radius 3 is 3.00 bits per heavy atom. The molecule has 1 N–H and O–H groups in total. The van der Waals surface area contributed by atoms with Gasteiger partial charge in [-0.25, -0.2) is 15.0 Å². The maximum Gasteiger partial charge on any atom is 0.145 e. The van der Waals surface area contributed by atoms with Gasteiger partial charge in [-0.2, -0.15) is 0 Å². The molecule has 5 heteroatoms. The second-order valence-electron chi connectivity index (χ2n) is 4.37. The Morgan fingerprint density at radius 2 is 2.29 bits per heavy atom. The first-order chi connectivity index (χ1) is 8.34. The summed E-state index contributed by atoms with van der Waals surface area (Å²) in [5, 5.41) is 3.48. The monoisotopic (exact) mass is 229 g/mol. The first-order valence-corrected chi connectivity index (χ1v) is 5.87. The summed E-state index contributed by atoms with van der Waals surface area (Å²) in [6, 6.07) is 0.687. The molecule has 1 aliphatic carbocycles. The normalized spacial score (nSPS) is 15.1. The number of nitrogens with one attached hydrogen (secondary N) is 1. The molecular weight excluding hydrogens is 214 g/mol. The predicted octanol–water partition coefficient (Wildman–Crippen LogP) is 1.22. The van der Waals surface area contributed by atoms with Crippen LogP contribution >= 0.6 is 0 Å². The lowest BCUT2D eigenvalue weighted by Crippen LogP contribution is -2.17. The number of nitrogens with zero attached hydrogens (tertiary/aromatic N) is 4. The zero-order chi connectivity index (χ0) is 11.7. The molecule has 0 aromatic carbocycles. The average Bonchev–Trinajstić information content (AvgIpc) is 3.09.